The van der Waals surface area contributed by atoms with Crippen LogP contribution in [0.5, 0.6) is 0 Å². The molecule has 0 saturated carbocycles. The third-order valence-electron chi connectivity index (χ3n) is 10.0. The van der Waals surface area contributed by atoms with Crippen LogP contribution in [0, 0.1) is 5.92 Å². The van der Waals surface area contributed by atoms with Gasteiger partial charge in [-0.2, -0.15) is 0 Å². The third-order valence-corrected chi connectivity index (χ3v) is 11.2. The summed E-state index contributed by atoms with van der Waals surface area (Å²) in [5.74, 6) is 2.54. The van der Waals surface area contributed by atoms with Crippen LogP contribution in [0.4, 0.5) is 0 Å². The highest BCUT2D eigenvalue weighted by molar-refractivity contribution is 7.26. The van der Waals surface area contributed by atoms with Gasteiger partial charge in [-0.05, 0) is 65.4 Å². The van der Waals surface area contributed by atoms with E-state index in [0.717, 1.165) is 34.2 Å². The molecule has 10 rings (SSSR count). The zero-order valence-electron chi connectivity index (χ0n) is 28.0. The first kappa shape index (κ1) is 29.7. The van der Waals surface area contributed by atoms with Crippen molar-refractivity contribution in [3.05, 3.63) is 163 Å². The second kappa shape index (κ2) is 12.0. The number of para-hydroxylation sites is 1. The Kier molecular flexibility index (Phi) is 7.00. The van der Waals surface area contributed by atoms with Gasteiger partial charge in [0.05, 0.1) is 5.52 Å². The Hall–Kier alpha value is -6.17. The van der Waals surface area contributed by atoms with Crippen molar-refractivity contribution in [2.24, 2.45) is 5.92 Å². The summed E-state index contributed by atoms with van der Waals surface area (Å²) in [5, 5.41) is 3.82. The summed E-state index contributed by atoms with van der Waals surface area (Å²) in [7, 11) is 0. The summed E-state index contributed by atoms with van der Waals surface area (Å²) in [6.45, 7) is 2.29. The normalized spacial score (nSPS) is 14.0. The van der Waals surface area contributed by atoms with Gasteiger partial charge in [0.2, 0.25) is 0 Å². The Morgan fingerprint density at radius 3 is 2.06 bits per heavy atom. The molecule has 1 unspecified atom stereocenters. The fraction of sp³-hybridized carbons (Fsp3) is 0.0652. The molecule has 5 heteroatoms. The van der Waals surface area contributed by atoms with Crippen molar-refractivity contribution < 1.29 is 0 Å². The molecule has 0 N–H and O–H groups in total. The minimum Gasteiger partial charge on any atom is -0.310 e. The topological polar surface area (TPSA) is 43.6 Å². The van der Waals surface area contributed by atoms with Gasteiger partial charge in [0.15, 0.2) is 17.5 Å². The van der Waals surface area contributed by atoms with E-state index in [1.54, 1.807) is 11.3 Å². The van der Waals surface area contributed by atoms with E-state index >= 15 is 0 Å². The molecule has 0 fully saturated rings. The van der Waals surface area contributed by atoms with Crippen LogP contribution in [0.15, 0.2) is 152 Å². The maximum atomic E-state index is 5.12. The predicted molar refractivity (Wildman–Crippen MR) is 213 cm³/mol. The van der Waals surface area contributed by atoms with Crippen molar-refractivity contribution in [2.75, 3.05) is 0 Å². The van der Waals surface area contributed by atoms with E-state index in [1.165, 1.54) is 48.0 Å². The largest absolute Gasteiger partial charge is 0.310 e. The highest BCUT2D eigenvalue weighted by atomic mass is 32.1. The Balaban J connectivity index is 1.06. The van der Waals surface area contributed by atoms with E-state index in [-0.39, 0.29) is 0 Å². The van der Waals surface area contributed by atoms with Gasteiger partial charge in [-0.1, -0.05) is 128 Å². The van der Waals surface area contributed by atoms with Gasteiger partial charge in [0.25, 0.3) is 0 Å². The molecular formula is C46H32N4S. The zero-order valence-corrected chi connectivity index (χ0v) is 28.8. The van der Waals surface area contributed by atoms with Crippen LogP contribution >= 0.6 is 11.3 Å². The molecule has 9 aromatic rings. The maximum absolute atomic E-state index is 5.12. The minimum atomic E-state index is 0.537. The minimum absolute atomic E-state index is 0.537. The fourth-order valence-corrected chi connectivity index (χ4v) is 8.75. The van der Waals surface area contributed by atoms with Crippen molar-refractivity contribution in [1.82, 2.24) is 19.5 Å². The average Bonchev–Trinajstić information content (AvgIpc) is 3.74. The molecule has 3 aromatic heterocycles. The number of benzene rings is 6. The highest BCUT2D eigenvalue weighted by Gasteiger charge is 2.21. The summed E-state index contributed by atoms with van der Waals surface area (Å²) in [5.41, 5.74) is 10.4. The number of hydrogen-bond acceptors (Lipinski definition) is 4. The first-order valence-corrected chi connectivity index (χ1v) is 18.2. The number of thiophene rings is 1. The van der Waals surface area contributed by atoms with Crippen molar-refractivity contribution in [3.63, 3.8) is 0 Å². The molecule has 3 heterocycles. The second-order valence-electron chi connectivity index (χ2n) is 13.3. The van der Waals surface area contributed by atoms with Crippen molar-refractivity contribution in [3.8, 4) is 51.0 Å². The van der Waals surface area contributed by atoms with Crippen LogP contribution in [-0.2, 0) is 6.42 Å². The molecular weight excluding hydrogens is 641 g/mol. The van der Waals surface area contributed by atoms with E-state index in [9.17, 15) is 0 Å². The van der Waals surface area contributed by atoms with Crippen LogP contribution in [0.1, 0.15) is 18.2 Å². The van der Waals surface area contributed by atoms with E-state index in [0.29, 0.717) is 23.4 Å². The van der Waals surface area contributed by atoms with E-state index < -0.39 is 0 Å². The molecule has 1 aliphatic rings. The van der Waals surface area contributed by atoms with Gasteiger partial charge >= 0.3 is 0 Å². The van der Waals surface area contributed by atoms with E-state index in [4.69, 9.17) is 15.0 Å². The number of allylic oxidation sites excluding steroid dienone is 1. The van der Waals surface area contributed by atoms with E-state index in [2.05, 4.69) is 151 Å². The predicted octanol–water partition coefficient (Wildman–Crippen LogP) is 12.1. The van der Waals surface area contributed by atoms with Crippen LogP contribution in [-0.4, -0.2) is 19.5 Å². The number of rotatable bonds is 5. The molecule has 1 atom stereocenters. The van der Waals surface area contributed by atoms with Gasteiger partial charge in [-0.15, -0.1) is 11.3 Å². The first-order chi connectivity index (χ1) is 25.2. The summed E-state index contributed by atoms with van der Waals surface area (Å²) in [4.78, 5) is 15.2. The van der Waals surface area contributed by atoms with Gasteiger partial charge < -0.3 is 4.57 Å². The van der Waals surface area contributed by atoms with Crippen LogP contribution < -0.4 is 0 Å². The highest BCUT2D eigenvalue weighted by Crippen LogP contribution is 2.40. The molecule has 1 aliphatic carbocycles. The summed E-state index contributed by atoms with van der Waals surface area (Å²) >= 11 is 1.79. The summed E-state index contributed by atoms with van der Waals surface area (Å²) in [6, 6.07) is 51.4. The quantitative estimate of drug-likeness (QED) is 0.183. The molecule has 51 heavy (non-hydrogen) atoms. The van der Waals surface area contributed by atoms with Crippen LogP contribution in [0.25, 0.3) is 88.1 Å². The van der Waals surface area contributed by atoms with Gasteiger partial charge in [0, 0.05) is 53.6 Å². The number of hydrogen-bond donors (Lipinski definition) is 0. The molecule has 0 bridgehead atoms. The van der Waals surface area contributed by atoms with Gasteiger partial charge in [-0.3, -0.25) is 0 Å². The number of fused-ring (bicyclic) bond motifs is 6. The van der Waals surface area contributed by atoms with E-state index in [1.807, 2.05) is 18.2 Å². The number of nitrogens with zero attached hydrogens (tertiary/aromatic N) is 4. The van der Waals surface area contributed by atoms with Gasteiger partial charge in [0.1, 0.15) is 0 Å². The number of aromatic nitrogens is 4. The average molecular weight is 673 g/mol. The van der Waals surface area contributed by atoms with Crippen LogP contribution in [0.2, 0.25) is 0 Å². The molecule has 0 amide bonds. The first-order valence-electron chi connectivity index (χ1n) is 17.4. The van der Waals surface area contributed by atoms with Crippen molar-refractivity contribution >= 4 is 48.5 Å². The van der Waals surface area contributed by atoms with Crippen molar-refractivity contribution in [1.29, 1.82) is 0 Å². The van der Waals surface area contributed by atoms with Crippen molar-refractivity contribution in [2.45, 2.75) is 13.3 Å². The fourth-order valence-electron chi connectivity index (χ4n) is 7.54. The third kappa shape index (κ3) is 5.08. The van der Waals surface area contributed by atoms with Gasteiger partial charge in [-0.25, -0.2) is 15.0 Å². The second-order valence-corrected chi connectivity index (χ2v) is 14.4. The zero-order chi connectivity index (χ0) is 33.9. The molecule has 242 valence electrons. The maximum Gasteiger partial charge on any atom is 0.165 e. The lowest BCUT2D eigenvalue weighted by molar-refractivity contribution is 0.718. The molecule has 0 radical (unpaired) electrons. The SMILES string of the molecule is CC1C=Cc2c(c3ccccc3n2-c2cccc(-c3ccc(-c4nc(-c5ccccc5)nc(-c5cccc6c5sc5ccccc56)n4)cc3)c2)C1. The molecule has 0 aliphatic heterocycles. The Morgan fingerprint density at radius 2 is 1.22 bits per heavy atom. The molecule has 4 nitrogen and oxygen atoms in total. The summed E-state index contributed by atoms with van der Waals surface area (Å²) < 4.78 is 4.86. The molecule has 0 saturated heterocycles. The Labute approximate surface area is 300 Å². The van der Waals surface area contributed by atoms with Crippen LogP contribution in [0.3, 0.4) is 0 Å². The lowest BCUT2D eigenvalue weighted by Gasteiger charge is -2.16. The lowest BCUT2D eigenvalue weighted by atomic mass is 9.93. The molecule has 0 spiro atoms. The smallest absolute Gasteiger partial charge is 0.165 e. The Morgan fingerprint density at radius 1 is 0.569 bits per heavy atom. The lowest BCUT2D eigenvalue weighted by Crippen LogP contribution is -2.05. The standard InChI is InChI=1S/C46H32N4S/c1-29-21-26-41-39(27-29)35-15-5-7-19-40(35)50(41)34-14-9-13-33(28-34)30-22-24-32(25-23-30)45-47-44(31-11-3-2-4-12-31)48-46(49-45)38-18-10-17-37-36-16-6-8-20-42(36)51-43(37)38/h2-26,28-29H,27H2,1H3. The summed E-state index contributed by atoms with van der Waals surface area (Å²) in [6.07, 6.45) is 5.70. The monoisotopic (exact) mass is 672 g/mol. The molecule has 6 aromatic carbocycles. The Bertz CT molecular complexity index is 2790.